The molecule has 5 aromatic carbocycles. The molecule has 0 aliphatic heterocycles. The Morgan fingerprint density at radius 2 is 0.838 bits per heavy atom. The van der Waals surface area contributed by atoms with Gasteiger partial charge >= 0.3 is 36.6 Å². The molecule has 1 amide bonds. The average molecular weight is 979 g/mol. The number of nitrogens with two attached hydrogens (primary N) is 1. The topological polar surface area (TPSA) is 176 Å². The van der Waals surface area contributed by atoms with Crippen LogP contribution >= 0.6 is 0 Å². The summed E-state index contributed by atoms with van der Waals surface area (Å²) in [7, 11) is 0. The van der Waals surface area contributed by atoms with E-state index >= 15 is 0 Å². The second-order valence-electron chi connectivity index (χ2n) is 14.8. The van der Waals surface area contributed by atoms with Crippen LogP contribution in [0.4, 0.5) is 64.1 Å². The molecule has 364 valence electrons. The van der Waals surface area contributed by atoms with E-state index < -0.39 is 89.6 Å². The zero-order chi connectivity index (χ0) is 50.6. The summed E-state index contributed by atoms with van der Waals surface area (Å²) < 4.78 is 185. The summed E-state index contributed by atoms with van der Waals surface area (Å²) in [5.74, 6) is -4.67. The predicted octanol–water partition coefficient (Wildman–Crippen LogP) is 11.0. The van der Waals surface area contributed by atoms with Gasteiger partial charge in [-0.05, 0) is 121 Å². The third-order valence-corrected chi connectivity index (χ3v) is 9.54. The van der Waals surface area contributed by atoms with E-state index in [2.05, 4.69) is 14.8 Å². The van der Waals surface area contributed by atoms with Gasteiger partial charge in [0, 0.05) is 11.4 Å². The first kappa shape index (κ1) is 51.8. The lowest BCUT2D eigenvalue weighted by Crippen LogP contribution is -2.60. The number of nitrogen functional groups attached to an aromatic ring is 1. The Morgan fingerprint density at radius 3 is 1.25 bits per heavy atom. The number of rotatable bonds is 15. The number of hydrogen-bond acceptors (Lipinski definition) is 11. The third-order valence-electron chi connectivity index (χ3n) is 9.54. The highest BCUT2D eigenvalue weighted by Crippen LogP contribution is 2.45. The maximum Gasteiger partial charge on any atom is 0.429 e. The van der Waals surface area contributed by atoms with E-state index in [1.807, 2.05) is 0 Å². The SMILES string of the molecule is CC(C)c1cc(Oc2ccc(C(=O)OCC(O)(C(F)(F)F)C(F)(F)F)c(C(=O)Nc3ccc(Oc4ccc(Oc5ccc(N)cc5)cc4)cc3)c2)ccc1C(=O)OCC(O)(C(F)(F)F)C(F)(F)F. The number of esters is 2. The van der Waals surface area contributed by atoms with Crippen molar-refractivity contribution in [2.24, 2.45) is 0 Å². The smallest absolute Gasteiger partial charge is 0.429 e. The van der Waals surface area contributed by atoms with Gasteiger partial charge in [-0.2, -0.15) is 52.7 Å². The first-order chi connectivity index (χ1) is 31.4. The number of carbonyl (C=O) groups excluding carboxylic acids is 3. The Balaban J connectivity index is 1.39. The van der Waals surface area contributed by atoms with Crippen molar-refractivity contribution in [1.29, 1.82) is 0 Å². The highest BCUT2D eigenvalue weighted by molar-refractivity contribution is 6.11. The van der Waals surface area contributed by atoms with Gasteiger partial charge in [0.05, 0.1) is 16.7 Å². The van der Waals surface area contributed by atoms with Gasteiger partial charge in [-0.15, -0.1) is 0 Å². The van der Waals surface area contributed by atoms with E-state index in [1.165, 1.54) is 38.1 Å². The number of carbonyl (C=O) groups is 3. The van der Waals surface area contributed by atoms with Crippen LogP contribution in [0.2, 0.25) is 0 Å². The average Bonchev–Trinajstić information content (AvgIpc) is 3.25. The van der Waals surface area contributed by atoms with Crippen molar-refractivity contribution >= 4 is 29.2 Å². The summed E-state index contributed by atoms with van der Waals surface area (Å²) in [6, 6.07) is 23.7. The summed E-state index contributed by atoms with van der Waals surface area (Å²) in [6.07, 6.45) is -25.4. The van der Waals surface area contributed by atoms with Gasteiger partial charge in [0.2, 0.25) is 0 Å². The van der Waals surface area contributed by atoms with Crippen molar-refractivity contribution < 1.29 is 101 Å². The third kappa shape index (κ3) is 11.8. The molecule has 0 bridgehead atoms. The number of ether oxygens (including phenoxy) is 5. The summed E-state index contributed by atoms with van der Waals surface area (Å²) in [4.78, 5) is 39.5. The van der Waals surface area contributed by atoms with E-state index in [-0.39, 0.29) is 28.5 Å². The summed E-state index contributed by atoms with van der Waals surface area (Å²) in [5.41, 5.74) is -7.11. The van der Waals surface area contributed by atoms with Crippen LogP contribution in [-0.4, -0.2) is 77.2 Å². The van der Waals surface area contributed by atoms with Gasteiger partial charge in [-0.25, -0.2) is 9.59 Å². The summed E-state index contributed by atoms with van der Waals surface area (Å²) in [5, 5.41) is 21.3. The normalized spacial score (nSPS) is 12.6. The maximum atomic E-state index is 13.7. The molecule has 5 rings (SSSR count). The van der Waals surface area contributed by atoms with Crippen molar-refractivity contribution in [3.63, 3.8) is 0 Å². The van der Waals surface area contributed by atoms with E-state index in [9.17, 15) is 77.3 Å². The Morgan fingerprint density at radius 1 is 0.500 bits per heavy atom. The zero-order valence-electron chi connectivity index (χ0n) is 34.7. The minimum Gasteiger partial charge on any atom is -0.458 e. The molecule has 0 atom stereocenters. The molecule has 0 spiro atoms. The molecule has 0 heterocycles. The molecule has 0 unspecified atom stereocenters. The number of hydrogen-bond donors (Lipinski definition) is 4. The minimum atomic E-state index is -6.38. The Hall–Kier alpha value is -7.21. The number of halogens is 12. The number of aliphatic hydroxyl groups is 2. The second kappa shape index (κ2) is 19.6. The first-order valence-corrected chi connectivity index (χ1v) is 19.2. The fourth-order valence-electron chi connectivity index (χ4n) is 5.69. The number of nitrogens with one attached hydrogen (secondary N) is 1. The van der Waals surface area contributed by atoms with Gasteiger partial charge in [-0.1, -0.05) is 13.8 Å². The molecule has 5 aromatic rings. The van der Waals surface area contributed by atoms with E-state index in [0.717, 1.165) is 30.3 Å². The molecule has 5 N–H and O–H groups in total. The number of anilines is 2. The van der Waals surface area contributed by atoms with Gasteiger partial charge in [-0.3, -0.25) is 4.79 Å². The van der Waals surface area contributed by atoms with Crippen molar-refractivity contribution in [1.82, 2.24) is 0 Å². The van der Waals surface area contributed by atoms with Gasteiger partial charge in [0.25, 0.3) is 17.1 Å². The van der Waals surface area contributed by atoms with Crippen molar-refractivity contribution in [3.8, 4) is 34.5 Å². The van der Waals surface area contributed by atoms with Crippen LogP contribution in [0.5, 0.6) is 34.5 Å². The zero-order valence-corrected chi connectivity index (χ0v) is 34.7. The molecular weight excluding hydrogens is 944 g/mol. The van der Waals surface area contributed by atoms with Crippen LogP contribution in [0.15, 0.2) is 109 Å². The molecule has 0 fully saturated rings. The minimum absolute atomic E-state index is 0.00305. The molecule has 68 heavy (non-hydrogen) atoms. The fraction of sp³-hybridized carbons (Fsp3) is 0.250. The largest absolute Gasteiger partial charge is 0.458 e. The standard InChI is InChI=1S/C44H34F12N2O10/c1-23(2)34-19-30(15-17-32(34)37(60)64-21-39(62,41(45,46)47)42(48,49)50)68-31-16-18-33(38(61)65-22-40(63,43(51,52)53)44(54,55)56)35(20-31)36(59)58-25-5-9-27(10-6-25)67-29-13-11-28(12-14-29)66-26-7-3-24(57)4-8-26/h3-20,23,62-63H,21-22,57H2,1-2H3,(H,58,59). The highest BCUT2D eigenvalue weighted by atomic mass is 19.4. The molecule has 0 saturated heterocycles. The lowest BCUT2D eigenvalue weighted by molar-refractivity contribution is -0.375. The molecule has 0 aliphatic carbocycles. The first-order valence-electron chi connectivity index (χ1n) is 19.2. The number of alkyl halides is 12. The molecule has 0 saturated carbocycles. The predicted molar refractivity (Wildman–Crippen MR) is 214 cm³/mol. The van der Waals surface area contributed by atoms with Gasteiger partial charge in [0.1, 0.15) is 47.7 Å². The van der Waals surface area contributed by atoms with Crippen LogP contribution in [-0.2, 0) is 9.47 Å². The number of benzene rings is 5. The molecule has 24 heteroatoms. The van der Waals surface area contributed by atoms with Crippen LogP contribution in [0.3, 0.4) is 0 Å². The summed E-state index contributed by atoms with van der Waals surface area (Å²) in [6.45, 7) is -2.36. The van der Waals surface area contributed by atoms with Crippen LogP contribution in [0.1, 0.15) is 56.4 Å². The second-order valence-corrected chi connectivity index (χ2v) is 14.8. The quantitative estimate of drug-likeness (QED) is 0.0446. The molecular formula is C44H34F12N2O10. The van der Waals surface area contributed by atoms with E-state index in [1.54, 1.807) is 48.5 Å². The Kier molecular flexibility index (Phi) is 14.9. The van der Waals surface area contributed by atoms with Crippen LogP contribution in [0, 0.1) is 0 Å². The molecule has 12 nitrogen and oxygen atoms in total. The molecule has 0 radical (unpaired) electrons. The lowest BCUT2D eigenvalue weighted by atomic mass is 9.96. The van der Waals surface area contributed by atoms with Crippen molar-refractivity contribution in [2.45, 2.75) is 55.7 Å². The van der Waals surface area contributed by atoms with Gasteiger partial charge < -0.3 is 44.9 Å². The van der Waals surface area contributed by atoms with Crippen LogP contribution in [0.25, 0.3) is 0 Å². The van der Waals surface area contributed by atoms with E-state index in [0.29, 0.717) is 29.0 Å². The monoisotopic (exact) mass is 978 g/mol. The number of amides is 1. The van der Waals surface area contributed by atoms with E-state index in [4.69, 9.17) is 19.9 Å². The van der Waals surface area contributed by atoms with Crippen LogP contribution < -0.4 is 25.3 Å². The highest BCUT2D eigenvalue weighted by Gasteiger charge is 2.72. The Bertz CT molecular complexity index is 2570. The molecule has 0 aromatic heterocycles. The maximum absolute atomic E-state index is 13.7. The van der Waals surface area contributed by atoms with Crippen molar-refractivity contribution in [2.75, 3.05) is 24.3 Å². The summed E-state index contributed by atoms with van der Waals surface area (Å²) >= 11 is 0. The molecule has 0 aliphatic rings. The van der Waals surface area contributed by atoms with Gasteiger partial charge in [0.15, 0.2) is 0 Å². The lowest BCUT2D eigenvalue weighted by Gasteiger charge is -2.31. The fourth-order valence-corrected chi connectivity index (χ4v) is 5.69. The Labute approximate surface area is 375 Å². The van der Waals surface area contributed by atoms with Crippen molar-refractivity contribution in [3.05, 3.63) is 131 Å².